The molecule has 1 aromatic heterocycles. The minimum Gasteiger partial charge on any atom is -0.396 e. The van der Waals surface area contributed by atoms with Gasteiger partial charge in [-0.2, -0.15) is 0 Å². The van der Waals surface area contributed by atoms with Gasteiger partial charge in [-0.15, -0.1) is 0 Å². The average molecular weight is 341 g/mol. The van der Waals surface area contributed by atoms with Crippen molar-refractivity contribution in [3.63, 3.8) is 0 Å². The Balaban J connectivity index is 1.44. The number of likely N-dealkylation sites (tertiary alicyclic amines) is 1. The second-order valence-electron chi connectivity index (χ2n) is 6.78. The molecule has 2 heterocycles. The number of rotatable bonds is 7. The molecule has 0 unspecified atom stereocenters. The van der Waals surface area contributed by atoms with Crippen molar-refractivity contribution in [2.45, 2.75) is 25.9 Å². The lowest BCUT2D eigenvalue weighted by atomic mass is 9.97. The standard InChI is InChI=1S/C20H27N3O2/c24-16-18-7-12-23(13-8-18)15-17-3-5-19(6-4-17)20(25)21-9-14-22-10-1-2-11-22/h1-6,10-11,18,24H,7-9,12-16H2,(H,21,25). The van der Waals surface area contributed by atoms with E-state index < -0.39 is 0 Å². The number of piperidine rings is 1. The van der Waals surface area contributed by atoms with E-state index in [0.717, 1.165) is 39.0 Å². The van der Waals surface area contributed by atoms with E-state index in [1.54, 1.807) is 0 Å². The Bertz CT molecular complexity index is 644. The van der Waals surface area contributed by atoms with Crippen LogP contribution in [-0.4, -0.2) is 46.7 Å². The first-order valence-electron chi connectivity index (χ1n) is 9.05. The molecule has 1 saturated heterocycles. The molecule has 3 rings (SSSR count). The number of nitrogens with zero attached hydrogens (tertiary/aromatic N) is 2. The molecule has 25 heavy (non-hydrogen) atoms. The smallest absolute Gasteiger partial charge is 0.251 e. The predicted molar refractivity (Wildman–Crippen MR) is 98.3 cm³/mol. The Morgan fingerprint density at radius 2 is 1.80 bits per heavy atom. The van der Waals surface area contributed by atoms with Gasteiger partial charge in [0.05, 0.1) is 0 Å². The van der Waals surface area contributed by atoms with Crippen LogP contribution in [0.2, 0.25) is 0 Å². The fourth-order valence-electron chi connectivity index (χ4n) is 3.27. The lowest BCUT2D eigenvalue weighted by Crippen LogP contribution is -2.34. The molecule has 0 aliphatic carbocycles. The number of nitrogens with one attached hydrogen (secondary N) is 1. The summed E-state index contributed by atoms with van der Waals surface area (Å²) in [5.41, 5.74) is 1.93. The van der Waals surface area contributed by atoms with Crippen molar-refractivity contribution in [1.82, 2.24) is 14.8 Å². The Morgan fingerprint density at radius 1 is 1.12 bits per heavy atom. The minimum atomic E-state index is -0.0255. The largest absolute Gasteiger partial charge is 0.396 e. The first-order chi connectivity index (χ1) is 12.2. The number of amides is 1. The summed E-state index contributed by atoms with van der Waals surface area (Å²) in [6.45, 7) is 4.69. The van der Waals surface area contributed by atoms with Gasteiger partial charge in [0.1, 0.15) is 0 Å². The molecule has 0 saturated carbocycles. The van der Waals surface area contributed by atoms with Crippen LogP contribution in [0.5, 0.6) is 0 Å². The Labute approximate surface area is 149 Å². The van der Waals surface area contributed by atoms with E-state index in [0.29, 0.717) is 24.6 Å². The fraction of sp³-hybridized carbons (Fsp3) is 0.450. The molecule has 0 bridgehead atoms. The molecule has 0 atom stereocenters. The molecule has 5 heteroatoms. The third-order valence-electron chi connectivity index (χ3n) is 4.91. The van der Waals surface area contributed by atoms with Crippen molar-refractivity contribution in [3.8, 4) is 0 Å². The van der Waals surface area contributed by atoms with Crippen LogP contribution in [-0.2, 0) is 13.1 Å². The summed E-state index contributed by atoms with van der Waals surface area (Å²) in [4.78, 5) is 14.6. The number of aliphatic hydroxyl groups is 1. The summed E-state index contributed by atoms with van der Waals surface area (Å²) in [5.74, 6) is 0.441. The molecule has 1 aromatic carbocycles. The molecular weight excluding hydrogens is 314 g/mol. The van der Waals surface area contributed by atoms with E-state index in [9.17, 15) is 9.90 Å². The van der Waals surface area contributed by atoms with Crippen molar-refractivity contribution in [1.29, 1.82) is 0 Å². The third-order valence-corrected chi connectivity index (χ3v) is 4.91. The normalized spacial score (nSPS) is 16.0. The minimum absolute atomic E-state index is 0.0255. The van der Waals surface area contributed by atoms with Crippen molar-refractivity contribution in [2.75, 3.05) is 26.2 Å². The van der Waals surface area contributed by atoms with E-state index in [1.165, 1.54) is 5.56 Å². The Morgan fingerprint density at radius 3 is 2.44 bits per heavy atom. The zero-order valence-electron chi connectivity index (χ0n) is 14.6. The SMILES string of the molecule is O=C(NCCn1cccc1)c1ccc(CN2CCC(CO)CC2)cc1. The Hall–Kier alpha value is -2.11. The molecule has 134 valence electrons. The van der Waals surface area contributed by atoms with Gasteiger partial charge >= 0.3 is 0 Å². The van der Waals surface area contributed by atoms with Crippen LogP contribution in [0, 0.1) is 5.92 Å². The fourth-order valence-corrected chi connectivity index (χ4v) is 3.27. The highest BCUT2D eigenvalue weighted by Gasteiger charge is 2.18. The van der Waals surface area contributed by atoms with Crippen molar-refractivity contribution >= 4 is 5.91 Å². The van der Waals surface area contributed by atoms with Gasteiger partial charge in [0, 0.05) is 44.2 Å². The number of benzene rings is 1. The number of aliphatic hydroxyl groups excluding tert-OH is 1. The molecule has 1 aliphatic heterocycles. The summed E-state index contributed by atoms with van der Waals surface area (Å²) in [7, 11) is 0. The molecule has 0 radical (unpaired) electrons. The molecule has 0 spiro atoms. The first kappa shape index (κ1) is 17.7. The summed E-state index contributed by atoms with van der Waals surface area (Å²) < 4.78 is 2.04. The Kier molecular flexibility index (Phi) is 6.25. The van der Waals surface area contributed by atoms with Gasteiger partial charge in [0.15, 0.2) is 0 Å². The molecule has 1 fully saturated rings. The second kappa shape index (κ2) is 8.83. The number of carbonyl (C=O) groups excluding carboxylic acids is 1. The van der Waals surface area contributed by atoms with Crippen LogP contribution >= 0.6 is 0 Å². The molecule has 2 N–H and O–H groups in total. The van der Waals surface area contributed by atoms with E-state index in [2.05, 4.69) is 10.2 Å². The molecule has 2 aromatic rings. The third kappa shape index (κ3) is 5.18. The maximum Gasteiger partial charge on any atom is 0.251 e. The van der Waals surface area contributed by atoms with Crippen LogP contribution < -0.4 is 5.32 Å². The maximum atomic E-state index is 12.2. The van der Waals surface area contributed by atoms with Crippen LogP contribution in [0.25, 0.3) is 0 Å². The second-order valence-corrected chi connectivity index (χ2v) is 6.78. The maximum absolute atomic E-state index is 12.2. The first-order valence-corrected chi connectivity index (χ1v) is 9.05. The van der Waals surface area contributed by atoms with Gasteiger partial charge in [-0.25, -0.2) is 0 Å². The van der Waals surface area contributed by atoms with Crippen LogP contribution in [0.15, 0.2) is 48.8 Å². The summed E-state index contributed by atoms with van der Waals surface area (Å²) in [6, 6.07) is 11.8. The van der Waals surface area contributed by atoms with Gasteiger partial charge < -0.3 is 15.0 Å². The van der Waals surface area contributed by atoms with Crippen molar-refractivity contribution < 1.29 is 9.90 Å². The lowest BCUT2D eigenvalue weighted by Gasteiger charge is -2.31. The number of hydrogen-bond acceptors (Lipinski definition) is 3. The predicted octanol–water partition coefficient (Wildman–Crippen LogP) is 2.12. The summed E-state index contributed by atoms with van der Waals surface area (Å²) >= 11 is 0. The number of hydrogen-bond donors (Lipinski definition) is 2. The summed E-state index contributed by atoms with van der Waals surface area (Å²) in [6.07, 6.45) is 6.12. The van der Waals surface area contributed by atoms with E-state index >= 15 is 0 Å². The van der Waals surface area contributed by atoms with Gasteiger partial charge in [-0.05, 0) is 61.7 Å². The monoisotopic (exact) mass is 341 g/mol. The summed E-state index contributed by atoms with van der Waals surface area (Å²) in [5, 5.41) is 12.2. The van der Waals surface area contributed by atoms with Gasteiger partial charge in [0.2, 0.25) is 0 Å². The molecule has 1 amide bonds. The number of carbonyl (C=O) groups is 1. The van der Waals surface area contributed by atoms with E-state index in [1.807, 2.05) is 53.4 Å². The van der Waals surface area contributed by atoms with Crippen LogP contribution in [0.1, 0.15) is 28.8 Å². The van der Waals surface area contributed by atoms with Gasteiger partial charge in [-0.3, -0.25) is 9.69 Å². The number of aromatic nitrogens is 1. The lowest BCUT2D eigenvalue weighted by molar-refractivity contribution is 0.0952. The zero-order valence-corrected chi connectivity index (χ0v) is 14.6. The van der Waals surface area contributed by atoms with Crippen molar-refractivity contribution in [3.05, 3.63) is 59.9 Å². The molecule has 1 aliphatic rings. The van der Waals surface area contributed by atoms with Crippen LogP contribution in [0.4, 0.5) is 0 Å². The van der Waals surface area contributed by atoms with Crippen LogP contribution in [0.3, 0.4) is 0 Å². The van der Waals surface area contributed by atoms with Crippen molar-refractivity contribution in [2.24, 2.45) is 5.92 Å². The van der Waals surface area contributed by atoms with Gasteiger partial charge in [-0.1, -0.05) is 12.1 Å². The van der Waals surface area contributed by atoms with E-state index in [4.69, 9.17) is 0 Å². The highest BCUT2D eigenvalue weighted by molar-refractivity contribution is 5.94. The quantitative estimate of drug-likeness (QED) is 0.811. The van der Waals surface area contributed by atoms with E-state index in [-0.39, 0.29) is 5.91 Å². The highest BCUT2D eigenvalue weighted by atomic mass is 16.3. The topological polar surface area (TPSA) is 57.5 Å². The highest BCUT2D eigenvalue weighted by Crippen LogP contribution is 2.18. The van der Waals surface area contributed by atoms with Gasteiger partial charge in [0.25, 0.3) is 5.91 Å². The molecular formula is C20H27N3O2. The molecule has 5 nitrogen and oxygen atoms in total. The zero-order chi connectivity index (χ0) is 17.5. The average Bonchev–Trinajstić information content (AvgIpc) is 3.16.